The summed E-state index contributed by atoms with van der Waals surface area (Å²) in [5, 5.41) is 0. The summed E-state index contributed by atoms with van der Waals surface area (Å²) in [5.74, 6) is -0.271. The van der Waals surface area contributed by atoms with E-state index in [1.807, 2.05) is 6.92 Å². The highest BCUT2D eigenvalue weighted by Crippen LogP contribution is 2.24. The van der Waals surface area contributed by atoms with E-state index in [0.717, 1.165) is 18.6 Å². The number of nitrogens with zero attached hydrogens (tertiary/aromatic N) is 1. The maximum Gasteiger partial charge on any atom is 0.573 e. The highest BCUT2D eigenvalue weighted by Gasteiger charge is 2.31. The van der Waals surface area contributed by atoms with Gasteiger partial charge in [0.05, 0.1) is 0 Å². The molecule has 2 N–H and O–H groups in total. The summed E-state index contributed by atoms with van der Waals surface area (Å²) >= 11 is 0. The average Bonchev–Trinajstić information content (AvgIpc) is 2.86. The van der Waals surface area contributed by atoms with Crippen molar-refractivity contribution in [2.45, 2.75) is 25.7 Å². The molecule has 0 aromatic heterocycles. The molecule has 0 bridgehead atoms. The molecule has 116 valence electrons. The number of carbonyl (C=O) groups is 1. The Balaban J connectivity index is 2.01. The molecule has 7 heteroatoms. The number of amides is 1. The van der Waals surface area contributed by atoms with Crippen LogP contribution in [-0.2, 0) is 0 Å². The molecule has 2 atom stereocenters. The first-order valence-electron chi connectivity index (χ1n) is 6.67. The first-order valence-corrected chi connectivity index (χ1v) is 6.67. The Morgan fingerprint density at radius 3 is 2.48 bits per heavy atom. The first kappa shape index (κ1) is 15.6. The predicted octanol–water partition coefficient (Wildman–Crippen LogP) is 2.39. The zero-order valence-corrected chi connectivity index (χ0v) is 11.6. The summed E-state index contributed by atoms with van der Waals surface area (Å²) in [4.78, 5) is 13.9. The number of alkyl halides is 3. The second kappa shape index (κ2) is 5.93. The van der Waals surface area contributed by atoms with Crippen molar-refractivity contribution in [3.63, 3.8) is 0 Å². The molecule has 21 heavy (non-hydrogen) atoms. The molecule has 1 aliphatic heterocycles. The maximum absolute atomic E-state index is 12.2. The summed E-state index contributed by atoms with van der Waals surface area (Å²) in [7, 11) is 0. The van der Waals surface area contributed by atoms with E-state index in [9.17, 15) is 18.0 Å². The van der Waals surface area contributed by atoms with Gasteiger partial charge in [-0.25, -0.2) is 0 Å². The minimum atomic E-state index is -4.73. The molecule has 2 rings (SSSR count). The molecule has 0 saturated carbocycles. The molecule has 1 saturated heterocycles. The zero-order valence-electron chi connectivity index (χ0n) is 11.6. The van der Waals surface area contributed by atoms with E-state index in [1.165, 1.54) is 12.1 Å². The van der Waals surface area contributed by atoms with Crippen LogP contribution in [0.4, 0.5) is 13.2 Å². The van der Waals surface area contributed by atoms with Crippen molar-refractivity contribution in [1.29, 1.82) is 0 Å². The summed E-state index contributed by atoms with van der Waals surface area (Å²) in [6.45, 7) is 3.10. The van der Waals surface area contributed by atoms with E-state index < -0.39 is 6.36 Å². The van der Waals surface area contributed by atoms with Gasteiger partial charge in [-0.05, 0) is 43.5 Å². The Kier molecular flexibility index (Phi) is 4.41. The Labute approximate surface area is 120 Å². The van der Waals surface area contributed by atoms with Crippen LogP contribution in [0.15, 0.2) is 24.3 Å². The van der Waals surface area contributed by atoms with Crippen LogP contribution >= 0.6 is 0 Å². The second-order valence-corrected chi connectivity index (χ2v) is 5.23. The quantitative estimate of drug-likeness (QED) is 0.933. The topological polar surface area (TPSA) is 55.6 Å². The van der Waals surface area contributed by atoms with Gasteiger partial charge in [-0.1, -0.05) is 0 Å². The highest BCUT2D eigenvalue weighted by atomic mass is 19.4. The number of nitrogens with two attached hydrogens (primary N) is 1. The lowest BCUT2D eigenvalue weighted by atomic mass is 10.0. The Morgan fingerprint density at radius 2 is 2.00 bits per heavy atom. The Bertz CT molecular complexity index is 500. The lowest BCUT2D eigenvalue weighted by Gasteiger charge is -2.18. The van der Waals surface area contributed by atoms with Crippen molar-refractivity contribution < 1.29 is 22.7 Å². The molecule has 0 spiro atoms. The third-order valence-electron chi connectivity index (χ3n) is 3.59. The third-order valence-corrected chi connectivity index (χ3v) is 3.59. The molecule has 1 aliphatic rings. The SMILES string of the molecule is CC(N)C1CCN(C(=O)c2ccc(OC(F)(F)F)cc2)C1. The molecule has 0 aliphatic carbocycles. The lowest BCUT2D eigenvalue weighted by Crippen LogP contribution is -2.33. The summed E-state index contributed by atoms with van der Waals surface area (Å²) in [6.07, 6.45) is -3.89. The van der Waals surface area contributed by atoms with Gasteiger partial charge in [-0.15, -0.1) is 13.2 Å². The molecule has 1 fully saturated rings. The van der Waals surface area contributed by atoms with Crippen LogP contribution in [0.25, 0.3) is 0 Å². The van der Waals surface area contributed by atoms with Crippen LogP contribution < -0.4 is 10.5 Å². The number of rotatable bonds is 3. The molecular formula is C14H17F3N2O2. The van der Waals surface area contributed by atoms with Gasteiger partial charge in [0, 0.05) is 24.7 Å². The number of benzene rings is 1. The number of likely N-dealkylation sites (tertiary alicyclic amines) is 1. The van der Waals surface area contributed by atoms with Crippen LogP contribution in [0.5, 0.6) is 5.75 Å². The van der Waals surface area contributed by atoms with Crippen LogP contribution in [0.3, 0.4) is 0 Å². The Morgan fingerprint density at radius 1 is 1.38 bits per heavy atom. The van der Waals surface area contributed by atoms with E-state index in [-0.39, 0.29) is 23.6 Å². The summed E-state index contributed by atoms with van der Waals surface area (Å²) in [6, 6.07) is 4.97. The van der Waals surface area contributed by atoms with Gasteiger partial charge in [-0.2, -0.15) is 0 Å². The van der Waals surface area contributed by atoms with E-state index in [4.69, 9.17) is 5.73 Å². The molecule has 4 nitrogen and oxygen atoms in total. The Hall–Kier alpha value is -1.76. The fraction of sp³-hybridized carbons (Fsp3) is 0.500. The predicted molar refractivity (Wildman–Crippen MR) is 70.8 cm³/mol. The van der Waals surface area contributed by atoms with Gasteiger partial charge in [0.2, 0.25) is 0 Å². The van der Waals surface area contributed by atoms with E-state index in [2.05, 4.69) is 4.74 Å². The first-order chi connectivity index (χ1) is 9.76. The molecule has 1 amide bonds. The lowest BCUT2D eigenvalue weighted by molar-refractivity contribution is -0.274. The van der Waals surface area contributed by atoms with Crippen LogP contribution in [0.2, 0.25) is 0 Å². The maximum atomic E-state index is 12.2. The van der Waals surface area contributed by atoms with Gasteiger partial charge in [-0.3, -0.25) is 4.79 Å². The molecule has 2 unspecified atom stereocenters. The molecule has 1 heterocycles. The normalized spacial score (nSPS) is 20.4. The molecule has 1 aromatic rings. The van der Waals surface area contributed by atoms with Gasteiger partial charge in [0.15, 0.2) is 0 Å². The van der Waals surface area contributed by atoms with Crippen LogP contribution in [0, 0.1) is 5.92 Å². The van der Waals surface area contributed by atoms with Crippen molar-refractivity contribution in [3.05, 3.63) is 29.8 Å². The van der Waals surface area contributed by atoms with Gasteiger partial charge in [0.25, 0.3) is 5.91 Å². The number of hydrogen-bond acceptors (Lipinski definition) is 3. The smallest absolute Gasteiger partial charge is 0.406 e. The average molecular weight is 302 g/mol. The minimum Gasteiger partial charge on any atom is -0.406 e. The number of ether oxygens (including phenoxy) is 1. The highest BCUT2D eigenvalue weighted by molar-refractivity contribution is 5.94. The van der Waals surface area contributed by atoms with Gasteiger partial charge < -0.3 is 15.4 Å². The molecule has 1 aromatic carbocycles. The number of hydrogen-bond donors (Lipinski definition) is 1. The van der Waals surface area contributed by atoms with Crippen molar-refractivity contribution in [1.82, 2.24) is 4.90 Å². The monoisotopic (exact) mass is 302 g/mol. The fourth-order valence-corrected chi connectivity index (χ4v) is 2.38. The van der Waals surface area contributed by atoms with Crippen molar-refractivity contribution in [3.8, 4) is 5.75 Å². The van der Waals surface area contributed by atoms with E-state index in [0.29, 0.717) is 18.7 Å². The van der Waals surface area contributed by atoms with Crippen LogP contribution in [0.1, 0.15) is 23.7 Å². The van der Waals surface area contributed by atoms with Crippen molar-refractivity contribution in [2.24, 2.45) is 11.7 Å². The zero-order chi connectivity index (χ0) is 15.6. The fourth-order valence-electron chi connectivity index (χ4n) is 2.38. The summed E-state index contributed by atoms with van der Waals surface area (Å²) in [5.41, 5.74) is 6.16. The minimum absolute atomic E-state index is 0.0189. The van der Waals surface area contributed by atoms with Gasteiger partial charge in [0.1, 0.15) is 5.75 Å². The standard InChI is InChI=1S/C14H17F3N2O2/c1-9(18)11-6-7-19(8-11)13(20)10-2-4-12(5-3-10)21-14(15,16)17/h2-5,9,11H,6-8,18H2,1H3. The molecule has 0 radical (unpaired) electrons. The van der Waals surface area contributed by atoms with Crippen LogP contribution in [-0.4, -0.2) is 36.3 Å². The summed E-state index contributed by atoms with van der Waals surface area (Å²) < 4.78 is 39.9. The third kappa shape index (κ3) is 4.10. The van der Waals surface area contributed by atoms with Crippen molar-refractivity contribution in [2.75, 3.05) is 13.1 Å². The largest absolute Gasteiger partial charge is 0.573 e. The number of halogens is 3. The van der Waals surface area contributed by atoms with Gasteiger partial charge >= 0.3 is 6.36 Å². The van der Waals surface area contributed by atoms with E-state index in [1.54, 1.807) is 4.90 Å². The van der Waals surface area contributed by atoms with E-state index >= 15 is 0 Å². The van der Waals surface area contributed by atoms with Crippen molar-refractivity contribution >= 4 is 5.91 Å². The number of carbonyl (C=O) groups excluding carboxylic acids is 1. The molecular weight excluding hydrogens is 285 g/mol. The second-order valence-electron chi connectivity index (χ2n) is 5.23.